The Hall–Kier alpha value is -4.89. The van der Waals surface area contributed by atoms with Gasteiger partial charge in [0, 0.05) is 81.1 Å². The number of carbonyl (C=O) groups excluding carboxylic acids is 1. The fourth-order valence-corrected chi connectivity index (χ4v) is 12.7. The van der Waals surface area contributed by atoms with Crippen molar-refractivity contribution in [3.63, 3.8) is 0 Å². The lowest BCUT2D eigenvalue weighted by molar-refractivity contribution is -0.123. The molecule has 0 aliphatic heterocycles. The zero-order chi connectivity index (χ0) is 50.8. The van der Waals surface area contributed by atoms with Gasteiger partial charge in [0.1, 0.15) is 39.3 Å². The number of aliphatic hydroxyl groups is 1. The first-order chi connectivity index (χ1) is 35.4. The summed E-state index contributed by atoms with van der Waals surface area (Å²) in [6.07, 6.45) is 15.9. The second-order valence-electron chi connectivity index (χ2n) is 18.4. The third-order valence-electron chi connectivity index (χ3n) is 13.3. The van der Waals surface area contributed by atoms with Gasteiger partial charge >= 0.3 is 0 Å². The van der Waals surface area contributed by atoms with Crippen molar-refractivity contribution in [2.24, 2.45) is 0 Å². The van der Waals surface area contributed by atoms with Crippen molar-refractivity contribution in [2.45, 2.75) is 120 Å². The predicted molar refractivity (Wildman–Crippen MR) is 286 cm³/mol. The number of thiazole rings is 2. The lowest BCUT2D eigenvalue weighted by Gasteiger charge is -2.34. The van der Waals surface area contributed by atoms with Crippen LogP contribution in [0.15, 0.2) is 74.1 Å². The van der Waals surface area contributed by atoms with E-state index in [0.29, 0.717) is 128 Å². The summed E-state index contributed by atoms with van der Waals surface area (Å²) in [5.41, 5.74) is 6.29. The van der Waals surface area contributed by atoms with Crippen molar-refractivity contribution < 1.29 is 28.4 Å². The minimum Gasteiger partial charge on any atom is -0.383 e. The highest BCUT2D eigenvalue weighted by Gasteiger charge is 2.39. The molecule has 8 aromatic rings. The summed E-state index contributed by atoms with van der Waals surface area (Å²) in [5.74, 6) is 2.77. The van der Waals surface area contributed by atoms with Crippen molar-refractivity contribution >= 4 is 123 Å². The predicted octanol–water partition coefficient (Wildman–Crippen LogP) is 16.0. The van der Waals surface area contributed by atoms with Gasteiger partial charge in [-0.3, -0.25) is 14.8 Å². The molecule has 0 saturated heterocycles. The van der Waals surface area contributed by atoms with Crippen molar-refractivity contribution in [3.05, 3.63) is 136 Å². The number of carbonyl (C=O) groups is 1. The molecule has 21 heteroatoms. The fraction of sp³-hybridized carbons (Fsp3) is 0.365. The summed E-state index contributed by atoms with van der Waals surface area (Å²) in [6.45, 7) is 14.8. The molecular weight excluding hydrogens is 1120 g/mol. The highest BCUT2D eigenvalue weighted by molar-refractivity contribution is 9.11. The molecule has 4 saturated carbocycles. The van der Waals surface area contributed by atoms with E-state index in [0.717, 1.165) is 85.5 Å². The van der Waals surface area contributed by atoms with Crippen LogP contribution in [-0.4, -0.2) is 53.3 Å². The second kappa shape index (κ2) is 22.5. The van der Waals surface area contributed by atoms with Gasteiger partial charge < -0.3 is 23.6 Å². The van der Waals surface area contributed by atoms with Gasteiger partial charge in [-0.1, -0.05) is 68.8 Å². The molecule has 1 N–H and O–H groups in total. The molecule has 0 bridgehead atoms. The topological polar surface area (TPSA) is 168 Å². The molecule has 4 fully saturated rings. The van der Waals surface area contributed by atoms with Crippen LogP contribution < -0.4 is 0 Å². The van der Waals surface area contributed by atoms with Crippen LogP contribution in [0.1, 0.15) is 117 Å². The molecule has 12 rings (SSSR count). The molecule has 4 aliphatic carbocycles. The highest BCUT2D eigenvalue weighted by atomic mass is 79.9. The Morgan fingerprint density at radius 3 is 1.59 bits per heavy atom. The Kier molecular flexibility index (Phi) is 15.9. The Labute approximate surface area is 456 Å². The zero-order valence-corrected chi connectivity index (χ0v) is 45.0. The van der Waals surface area contributed by atoms with E-state index in [4.69, 9.17) is 78.1 Å². The number of hydrogen-bond donors (Lipinski definition) is 1. The highest BCUT2D eigenvalue weighted by Crippen LogP contribution is 2.48. The maximum Gasteiger partial charge on any atom is 0.188 e. The Balaban J connectivity index is 0.000000142. The van der Waals surface area contributed by atoms with Gasteiger partial charge in [0.15, 0.2) is 15.3 Å². The lowest BCUT2D eigenvalue weighted by Crippen LogP contribution is -2.34. The Morgan fingerprint density at radius 1 is 0.671 bits per heavy atom. The molecule has 0 atom stereocenters. The first kappa shape index (κ1) is 51.6. The van der Waals surface area contributed by atoms with E-state index >= 15 is 0 Å². The first-order valence-corrected chi connectivity index (χ1v) is 27.6. The third kappa shape index (κ3) is 11.8. The number of nitrogens with zero attached hydrogens (tertiary/aromatic N) is 8. The average Bonchev–Trinajstić information content (AvgIpc) is 4.25. The molecule has 4 aliphatic rings. The van der Waals surface area contributed by atoms with E-state index in [2.05, 4.69) is 55.9 Å². The molecule has 0 radical (unpaired) electrons. The minimum atomic E-state index is -0.985. The van der Waals surface area contributed by atoms with Crippen LogP contribution >= 0.6 is 85.0 Å². The maximum absolute atomic E-state index is 11.4. The van der Waals surface area contributed by atoms with E-state index in [1.165, 1.54) is 11.3 Å². The monoisotopic (exact) mass is 1160 g/mol. The van der Waals surface area contributed by atoms with Gasteiger partial charge in [-0.15, -0.1) is 22.7 Å². The summed E-state index contributed by atoms with van der Waals surface area (Å²) in [5, 5.41) is 22.4. The standard InChI is InChI=1S/C26H22Cl2N4O3S.C18H18Cl2N2O3.C8H3BrN2S/c1-29-15-4-5-20-21(10-15)36-25(31-20)26(33)8-6-16(7-9-26)34-13-17-23(32-35-24(17)14-2-3-14)22-18(27)11-30-12-19(22)28;19-14-7-21-8-15(20)16(14)17-13(18(25-22-17)10-1-2-10)9-24-12-5-3-11(23)4-6-12;1-10-5-2-3-6-7(4-5)12-8(9)11-6/h4-5,10-12,14,16,33H,2-3,6-9,13H2;7-8,10,12H,1-6,9H2;2-4H. The van der Waals surface area contributed by atoms with Gasteiger partial charge in [0.25, 0.3) is 0 Å². The molecule has 73 heavy (non-hydrogen) atoms. The van der Waals surface area contributed by atoms with Crippen LogP contribution in [0.25, 0.3) is 52.6 Å². The first-order valence-electron chi connectivity index (χ1n) is 23.6. The Bertz CT molecular complexity index is 3380. The largest absolute Gasteiger partial charge is 0.383 e. The Morgan fingerprint density at radius 2 is 1.12 bits per heavy atom. The maximum atomic E-state index is 11.4. The molecule has 0 spiro atoms. The number of pyridine rings is 2. The number of fused-ring (bicyclic) bond motifs is 2. The number of ether oxygens (including phenoxy) is 2. The van der Waals surface area contributed by atoms with Crippen LogP contribution in [0.2, 0.25) is 20.1 Å². The summed E-state index contributed by atoms with van der Waals surface area (Å²) >= 11 is 31.7. The number of halogens is 5. The minimum absolute atomic E-state index is 0.00782. The van der Waals surface area contributed by atoms with Crippen LogP contribution in [0.5, 0.6) is 0 Å². The molecule has 0 unspecified atom stereocenters. The second-order valence-corrected chi connectivity index (χ2v) is 23.3. The fourth-order valence-electron chi connectivity index (χ4n) is 8.99. The van der Waals surface area contributed by atoms with Gasteiger partial charge in [0.05, 0.1) is 69.7 Å². The van der Waals surface area contributed by atoms with Crippen molar-refractivity contribution in [1.29, 1.82) is 0 Å². The molecule has 2 aromatic carbocycles. The summed E-state index contributed by atoms with van der Waals surface area (Å²) < 4.78 is 26.6. The van der Waals surface area contributed by atoms with Crippen molar-refractivity contribution in [3.8, 4) is 22.5 Å². The summed E-state index contributed by atoms with van der Waals surface area (Å²) in [7, 11) is 0. The van der Waals surface area contributed by atoms with Crippen LogP contribution in [0, 0.1) is 13.1 Å². The van der Waals surface area contributed by atoms with Gasteiger partial charge in [-0.25, -0.2) is 19.7 Å². The molecule has 374 valence electrons. The molecule has 6 aromatic heterocycles. The average molecular weight is 1160 g/mol. The van der Waals surface area contributed by atoms with Crippen LogP contribution in [0.4, 0.5) is 11.4 Å². The number of rotatable bonds is 11. The van der Waals surface area contributed by atoms with E-state index in [-0.39, 0.29) is 12.2 Å². The number of ketones is 1. The SMILES string of the molecule is O=C1CCC(OCc2c(-c3c(Cl)cncc3Cl)noc2C2CC2)CC1.[C-]#[N+]c1ccc2nc(Br)sc2c1.[C-]#[N+]c1ccc2nc(C3(O)CCC(OCc4c(-c5c(Cl)cncc5Cl)noc4C4CC4)CC3)sc2c1. The smallest absolute Gasteiger partial charge is 0.188 e. The molecule has 6 heterocycles. The number of aromatic nitrogens is 6. The van der Waals surface area contributed by atoms with Gasteiger partial charge in [-0.05, 0) is 104 Å². The summed E-state index contributed by atoms with van der Waals surface area (Å²) in [4.78, 5) is 35.1. The van der Waals surface area contributed by atoms with Crippen LogP contribution in [-0.2, 0) is 33.1 Å². The van der Waals surface area contributed by atoms with Crippen molar-refractivity contribution in [2.75, 3.05) is 0 Å². The van der Waals surface area contributed by atoms with E-state index in [1.54, 1.807) is 48.3 Å². The van der Waals surface area contributed by atoms with Crippen molar-refractivity contribution in [1.82, 2.24) is 30.2 Å². The lowest BCUT2D eigenvalue weighted by atomic mass is 9.83. The van der Waals surface area contributed by atoms with E-state index in [1.807, 2.05) is 24.3 Å². The van der Waals surface area contributed by atoms with Crippen LogP contribution in [0.3, 0.4) is 0 Å². The number of benzene rings is 2. The van der Waals surface area contributed by atoms with Gasteiger partial charge in [-0.2, -0.15) is 0 Å². The number of Topliss-reactive ketones (excluding diaryl/α,β-unsaturated/α-hetero) is 1. The number of hydrogen-bond acceptors (Lipinski definition) is 14. The van der Waals surface area contributed by atoms with Gasteiger partial charge in [0.2, 0.25) is 0 Å². The normalized spacial score (nSPS) is 19.0. The molecular formula is C52H43BrCl4N8O6S2. The zero-order valence-electron chi connectivity index (χ0n) is 38.8. The molecule has 14 nitrogen and oxygen atoms in total. The molecule has 0 amide bonds. The quantitative estimate of drug-likeness (QED) is 0.122. The summed E-state index contributed by atoms with van der Waals surface area (Å²) in [6, 6.07) is 10.9. The van der Waals surface area contributed by atoms with E-state index < -0.39 is 5.60 Å². The van der Waals surface area contributed by atoms with E-state index in [9.17, 15) is 9.90 Å². The third-order valence-corrected chi connectivity index (χ3v) is 17.1.